The third-order valence-corrected chi connectivity index (χ3v) is 5.40. The van der Waals surface area contributed by atoms with E-state index in [1.807, 2.05) is 44.2 Å². The summed E-state index contributed by atoms with van der Waals surface area (Å²) >= 11 is 0. The molecule has 0 saturated carbocycles. The van der Waals surface area contributed by atoms with Crippen molar-refractivity contribution in [1.29, 1.82) is 0 Å². The van der Waals surface area contributed by atoms with Crippen LogP contribution in [0.3, 0.4) is 0 Å². The fourth-order valence-electron chi connectivity index (χ4n) is 3.98. The Hall–Kier alpha value is -2.69. The summed E-state index contributed by atoms with van der Waals surface area (Å²) in [6.45, 7) is 7.21. The van der Waals surface area contributed by atoms with E-state index < -0.39 is 11.1 Å². The molecule has 1 aliphatic heterocycles. The first-order chi connectivity index (χ1) is 12.7. The minimum atomic E-state index is -0.860. The highest BCUT2D eigenvalue weighted by atomic mass is 16.5. The van der Waals surface area contributed by atoms with Crippen molar-refractivity contribution in [2.24, 2.45) is 0 Å². The minimum absolute atomic E-state index is 0.230. The number of nitrogens with one attached hydrogen (secondary N) is 1. The number of rotatable bonds is 2. The van der Waals surface area contributed by atoms with Gasteiger partial charge in [-0.1, -0.05) is 36.4 Å². The Morgan fingerprint density at radius 3 is 2.04 bits per heavy atom. The third-order valence-electron chi connectivity index (χ3n) is 5.40. The van der Waals surface area contributed by atoms with Crippen LogP contribution in [0.4, 0.5) is 5.69 Å². The largest absolute Gasteiger partial charge is 0.322 e. The van der Waals surface area contributed by atoms with Crippen LogP contribution >= 0.6 is 0 Å². The van der Waals surface area contributed by atoms with E-state index in [0.29, 0.717) is 5.57 Å². The zero-order valence-corrected chi connectivity index (χ0v) is 16.0. The Bertz CT molecular complexity index is 1100. The maximum atomic E-state index is 12.9. The number of nitrogens with zero attached hydrogens (tertiary/aromatic N) is 1. The number of hydrogen-bond acceptors (Lipinski definition) is 2. The molecule has 0 fully saturated rings. The molecule has 4 heteroatoms. The van der Waals surface area contributed by atoms with Crippen LogP contribution in [0, 0.1) is 0 Å². The molecule has 0 bridgehead atoms. The van der Waals surface area contributed by atoms with Gasteiger partial charge in [-0.25, -0.2) is 0 Å². The summed E-state index contributed by atoms with van der Waals surface area (Å²) in [7, 11) is 0. The van der Waals surface area contributed by atoms with Gasteiger partial charge in [0.15, 0.2) is 0 Å². The van der Waals surface area contributed by atoms with Crippen molar-refractivity contribution in [3.8, 4) is 0 Å². The molecule has 0 atom stereocenters. The zero-order chi connectivity index (χ0) is 19.4. The molecule has 0 saturated heterocycles. The predicted molar refractivity (Wildman–Crippen MR) is 109 cm³/mol. The van der Waals surface area contributed by atoms with Gasteiger partial charge < -0.3 is 5.32 Å². The van der Waals surface area contributed by atoms with E-state index in [9.17, 15) is 10.0 Å². The lowest BCUT2D eigenvalue weighted by Crippen LogP contribution is -2.48. The highest BCUT2D eigenvalue weighted by molar-refractivity contribution is 6.07. The fourth-order valence-corrected chi connectivity index (χ4v) is 3.98. The number of carbonyl (C=O) groups is 1. The van der Waals surface area contributed by atoms with Crippen LogP contribution in [0.25, 0.3) is 21.5 Å². The number of fused-ring (bicyclic) bond motifs is 2. The van der Waals surface area contributed by atoms with Gasteiger partial charge in [-0.05, 0) is 73.5 Å². The molecular formula is C23H23N2O2. The number of amides is 1. The van der Waals surface area contributed by atoms with Gasteiger partial charge >= 0.3 is 0 Å². The SMILES string of the molecule is CC1(C)C=C(C(=O)Nc2ccc3cc4ccccc4cc3c2)C(C)(C)N1[O]. The normalized spacial score (nSPS) is 18.6. The van der Waals surface area contributed by atoms with E-state index in [4.69, 9.17) is 0 Å². The van der Waals surface area contributed by atoms with E-state index in [0.717, 1.165) is 26.9 Å². The molecule has 4 rings (SSSR count). The third kappa shape index (κ3) is 2.91. The van der Waals surface area contributed by atoms with Crippen LogP contribution in [-0.2, 0) is 10.0 Å². The number of hydrogen-bond donors (Lipinski definition) is 1. The molecule has 3 aromatic rings. The van der Waals surface area contributed by atoms with E-state index >= 15 is 0 Å². The summed E-state index contributed by atoms with van der Waals surface area (Å²) in [6, 6.07) is 18.4. The Balaban J connectivity index is 1.67. The molecule has 0 aromatic heterocycles. The van der Waals surface area contributed by atoms with Gasteiger partial charge in [0.05, 0.1) is 11.1 Å². The molecule has 0 unspecified atom stereocenters. The van der Waals surface area contributed by atoms with Crippen LogP contribution in [0.5, 0.6) is 0 Å². The average Bonchev–Trinajstić information content (AvgIpc) is 2.79. The molecule has 3 aromatic carbocycles. The molecule has 0 aliphatic carbocycles. The molecule has 1 heterocycles. The van der Waals surface area contributed by atoms with E-state index in [1.54, 1.807) is 19.9 Å². The monoisotopic (exact) mass is 359 g/mol. The summed E-state index contributed by atoms with van der Waals surface area (Å²) in [6.07, 6.45) is 1.77. The van der Waals surface area contributed by atoms with Crippen LogP contribution in [0.1, 0.15) is 27.7 Å². The highest BCUT2D eigenvalue weighted by Crippen LogP contribution is 2.39. The lowest BCUT2D eigenvalue weighted by atomic mass is 9.95. The van der Waals surface area contributed by atoms with Crippen molar-refractivity contribution in [3.63, 3.8) is 0 Å². The van der Waals surface area contributed by atoms with Crippen molar-refractivity contribution in [2.75, 3.05) is 5.32 Å². The molecule has 1 aliphatic rings. The Labute approximate surface area is 159 Å². The minimum Gasteiger partial charge on any atom is -0.322 e. The highest BCUT2D eigenvalue weighted by Gasteiger charge is 2.48. The molecule has 1 radical (unpaired) electrons. The van der Waals surface area contributed by atoms with Crippen LogP contribution in [0.2, 0.25) is 0 Å². The predicted octanol–water partition coefficient (Wildman–Crippen LogP) is 5.08. The summed E-state index contributed by atoms with van der Waals surface area (Å²) < 4.78 is 0. The topological polar surface area (TPSA) is 52.2 Å². The second-order valence-electron chi connectivity index (χ2n) is 8.28. The fraction of sp³-hybridized carbons (Fsp3) is 0.261. The summed E-state index contributed by atoms with van der Waals surface area (Å²) in [4.78, 5) is 12.9. The van der Waals surface area contributed by atoms with Crippen LogP contribution in [0.15, 0.2) is 66.2 Å². The second kappa shape index (κ2) is 5.91. The summed E-state index contributed by atoms with van der Waals surface area (Å²) in [5, 5.41) is 21.0. The first-order valence-electron chi connectivity index (χ1n) is 9.13. The van der Waals surface area contributed by atoms with Crippen LogP contribution in [-0.4, -0.2) is 22.0 Å². The van der Waals surface area contributed by atoms with Crippen molar-refractivity contribution >= 4 is 33.1 Å². The first kappa shape index (κ1) is 17.7. The lowest BCUT2D eigenvalue weighted by Gasteiger charge is -2.33. The van der Waals surface area contributed by atoms with Gasteiger partial charge in [0.1, 0.15) is 0 Å². The Morgan fingerprint density at radius 2 is 1.44 bits per heavy atom. The molecular weight excluding hydrogens is 336 g/mol. The van der Waals surface area contributed by atoms with Crippen LogP contribution < -0.4 is 5.32 Å². The number of benzene rings is 3. The zero-order valence-electron chi connectivity index (χ0n) is 16.0. The summed E-state index contributed by atoms with van der Waals surface area (Å²) in [5.41, 5.74) is -0.332. The Morgan fingerprint density at radius 1 is 0.852 bits per heavy atom. The molecule has 4 nitrogen and oxygen atoms in total. The number of hydroxylamine groups is 2. The molecule has 0 spiro atoms. The second-order valence-corrected chi connectivity index (χ2v) is 8.28. The lowest BCUT2D eigenvalue weighted by molar-refractivity contribution is -0.238. The maximum Gasteiger partial charge on any atom is 0.253 e. The van der Waals surface area contributed by atoms with Crippen molar-refractivity contribution in [3.05, 3.63) is 66.2 Å². The van der Waals surface area contributed by atoms with E-state index in [-0.39, 0.29) is 5.91 Å². The van der Waals surface area contributed by atoms with Gasteiger partial charge in [-0.2, -0.15) is 0 Å². The standard InChI is InChI=1S/C23H23N2O2/c1-22(2)14-20(23(3,4)25(22)27)21(26)24-19-10-9-17-11-15-7-5-6-8-16(15)12-18(17)13-19/h5-14H,1-4H3,(H,24,26). The van der Waals surface area contributed by atoms with Crippen molar-refractivity contribution in [2.45, 2.75) is 38.8 Å². The smallest absolute Gasteiger partial charge is 0.253 e. The summed E-state index contributed by atoms with van der Waals surface area (Å²) in [5.74, 6) is -0.230. The first-order valence-corrected chi connectivity index (χ1v) is 9.13. The van der Waals surface area contributed by atoms with Gasteiger partial charge in [0.2, 0.25) is 0 Å². The van der Waals surface area contributed by atoms with Crippen molar-refractivity contribution in [1.82, 2.24) is 5.06 Å². The van der Waals surface area contributed by atoms with Gasteiger partial charge in [0.25, 0.3) is 5.91 Å². The quantitative estimate of drug-likeness (QED) is 0.649. The van der Waals surface area contributed by atoms with Gasteiger partial charge in [0, 0.05) is 11.3 Å². The molecule has 1 amide bonds. The van der Waals surface area contributed by atoms with E-state index in [2.05, 4.69) is 29.6 Å². The average molecular weight is 359 g/mol. The Kier molecular flexibility index (Phi) is 3.88. The van der Waals surface area contributed by atoms with Gasteiger partial charge in [-0.15, -0.1) is 10.3 Å². The number of anilines is 1. The van der Waals surface area contributed by atoms with Crippen molar-refractivity contribution < 1.29 is 10.0 Å². The number of carbonyl (C=O) groups excluding carboxylic acids is 1. The molecule has 27 heavy (non-hydrogen) atoms. The van der Waals surface area contributed by atoms with E-state index in [1.165, 1.54) is 5.39 Å². The molecule has 1 N–H and O–H groups in total. The maximum absolute atomic E-state index is 12.9. The van der Waals surface area contributed by atoms with Gasteiger partial charge in [-0.3, -0.25) is 4.79 Å². The molecule has 137 valence electrons.